The van der Waals surface area contributed by atoms with Crippen LogP contribution in [0.1, 0.15) is 34.7 Å². The molecule has 0 saturated carbocycles. The van der Waals surface area contributed by atoms with Gasteiger partial charge in [-0.1, -0.05) is 6.92 Å². The summed E-state index contributed by atoms with van der Waals surface area (Å²) in [5, 5.41) is 3.22. The smallest absolute Gasteiger partial charge is 0.327 e. The molecule has 0 fully saturated rings. The van der Waals surface area contributed by atoms with Crippen molar-refractivity contribution in [2.45, 2.75) is 33.2 Å². The number of thiophene rings is 1. The lowest BCUT2D eigenvalue weighted by molar-refractivity contribution is -0.143. The van der Waals surface area contributed by atoms with E-state index in [-0.39, 0.29) is 12.0 Å². The van der Waals surface area contributed by atoms with Gasteiger partial charge in [-0.3, -0.25) is 0 Å². The number of aryl methyl sites for hydroxylation is 2. The van der Waals surface area contributed by atoms with Gasteiger partial charge in [0.25, 0.3) is 0 Å². The number of ether oxygens (including phenoxy) is 1. The molecule has 1 aromatic rings. The second kappa shape index (κ2) is 6.01. The minimum Gasteiger partial charge on any atom is -0.468 e. The summed E-state index contributed by atoms with van der Waals surface area (Å²) in [6.07, 6.45) is 0.996. The minimum absolute atomic E-state index is 0.214. The topological polar surface area (TPSA) is 38.3 Å². The number of methoxy groups -OCH3 is 1. The molecule has 3 nitrogen and oxygen atoms in total. The fourth-order valence-corrected chi connectivity index (χ4v) is 2.63. The summed E-state index contributed by atoms with van der Waals surface area (Å²) >= 11 is 1.71. The van der Waals surface area contributed by atoms with Gasteiger partial charge in [-0.25, -0.2) is 4.79 Å². The number of carbonyl (C=O) groups excluding carboxylic acids is 1. The molecule has 1 aromatic heterocycles. The highest BCUT2D eigenvalue weighted by atomic mass is 32.1. The van der Waals surface area contributed by atoms with Crippen LogP contribution in [0.15, 0.2) is 6.07 Å². The first-order chi connectivity index (χ1) is 7.60. The number of carbonyl (C=O) groups is 1. The van der Waals surface area contributed by atoms with Crippen molar-refractivity contribution in [2.75, 3.05) is 13.7 Å². The fraction of sp³-hybridized carbons (Fsp3) is 0.583. The lowest BCUT2D eigenvalue weighted by Crippen LogP contribution is -2.30. The van der Waals surface area contributed by atoms with Crippen LogP contribution < -0.4 is 5.32 Å². The van der Waals surface area contributed by atoms with E-state index < -0.39 is 0 Å². The van der Waals surface area contributed by atoms with Crippen molar-refractivity contribution in [3.05, 3.63) is 21.4 Å². The molecule has 90 valence electrons. The van der Waals surface area contributed by atoms with Gasteiger partial charge in [0.2, 0.25) is 0 Å². The number of nitrogens with one attached hydrogen (secondary N) is 1. The summed E-state index contributed by atoms with van der Waals surface area (Å²) in [4.78, 5) is 14.1. The SMILES string of the molecule is CCCNC(C(=O)OC)c1cc(C)sc1C. The minimum atomic E-state index is -0.324. The molecule has 1 unspecified atom stereocenters. The third-order valence-corrected chi connectivity index (χ3v) is 3.41. The number of hydrogen-bond donors (Lipinski definition) is 1. The molecule has 0 aliphatic carbocycles. The molecule has 0 saturated heterocycles. The van der Waals surface area contributed by atoms with Crippen LogP contribution in [0.3, 0.4) is 0 Å². The van der Waals surface area contributed by atoms with E-state index in [1.807, 2.05) is 6.92 Å². The van der Waals surface area contributed by atoms with Crippen molar-refractivity contribution in [3.8, 4) is 0 Å². The molecule has 1 rings (SSSR count). The van der Waals surface area contributed by atoms with Crippen molar-refractivity contribution in [1.29, 1.82) is 0 Å². The largest absolute Gasteiger partial charge is 0.468 e. The van der Waals surface area contributed by atoms with Crippen LogP contribution in [0.2, 0.25) is 0 Å². The van der Waals surface area contributed by atoms with E-state index in [1.165, 1.54) is 16.9 Å². The molecule has 0 spiro atoms. The van der Waals surface area contributed by atoms with Crippen LogP contribution in [0.25, 0.3) is 0 Å². The predicted octanol–water partition coefficient (Wildman–Crippen LogP) is 2.58. The summed E-state index contributed by atoms with van der Waals surface area (Å²) in [5.74, 6) is -0.214. The number of rotatable bonds is 5. The lowest BCUT2D eigenvalue weighted by Gasteiger charge is -2.15. The third kappa shape index (κ3) is 3.06. The molecular formula is C12H19NO2S. The Morgan fingerprint density at radius 3 is 2.69 bits per heavy atom. The normalized spacial score (nSPS) is 12.5. The van der Waals surface area contributed by atoms with Gasteiger partial charge in [0.05, 0.1) is 7.11 Å². The van der Waals surface area contributed by atoms with Gasteiger partial charge < -0.3 is 10.1 Å². The fourth-order valence-electron chi connectivity index (χ4n) is 1.66. The van der Waals surface area contributed by atoms with Gasteiger partial charge in [0.1, 0.15) is 6.04 Å². The summed E-state index contributed by atoms with van der Waals surface area (Å²) in [5.41, 5.74) is 1.04. The van der Waals surface area contributed by atoms with E-state index in [0.717, 1.165) is 18.5 Å². The zero-order chi connectivity index (χ0) is 12.1. The Labute approximate surface area is 101 Å². The van der Waals surface area contributed by atoms with Gasteiger partial charge in [-0.2, -0.15) is 0 Å². The van der Waals surface area contributed by atoms with Gasteiger partial charge in [-0.15, -0.1) is 11.3 Å². The second-order valence-electron chi connectivity index (χ2n) is 3.78. The summed E-state index contributed by atoms with van der Waals surface area (Å²) in [6.45, 7) is 6.98. The summed E-state index contributed by atoms with van der Waals surface area (Å²) in [6, 6.07) is 1.74. The molecule has 0 bridgehead atoms. The molecule has 16 heavy (non-hydrogen) atoms. The standard InChI is InChI=1S/C12H19NO2S/c1-5-6-13-11(12(14)15-4)10-7-8(2)16-9(10)3/h7,11,13H,5-6H2,1-4H3. The average Bonchev–Trinajstić information content (AvgIpc) is 2.58. The van der Waals surface area contributed by atoms with Gasteiger partial charge in [0, 0.05) is 9.75 Å². The molecule has 0 aliphatic rings. The monoisotopic (exact) mass is 241 g/mol. The Morgan fingerprint density at radius 1 is 1.56 bits per heavy atom. The molecule has 0 aromatic carbocycles. The van der Waals surface area contributed by atoms with E-state index in [0.29, 0.717) is 0 Å². The quantitative estimate of drug-likeness (QED) is 0.805. The van der Waals surface area contributed by atoms with Crippen molar-refractivity contribution >= 4 is 17.3 Å². The lowest BCUT2D eigenvalue weighted by atomic mass is 10.1. The molecule has 0 aliphatic heterocycles. The maximum absolute atomic E-state index is 11.7. The molecule has 4 heteroatoms. The summed E-state index contributed by atoms with van der Waals surface area (Å²) < 4.78 is 4.83. The Kier molecular flexibility index (Phi) is 4.96. The second-order valence-corrected chi connectivity index (χ2v) is 5.24. The Hall–Kier alpha value is -0.870. The van der Waals surface area contributed by atoms with Crippen molar-refractivity contribution in [1.82, 2.24) is 5.32 Å². The number of esters is 1. The summed E-state index contributed by atoms with van der Waals surface area (Å²) in [7, 11) is 1.43. The van der Waals surface area contributed by atoms with Gasteiger partial charge in [0.15, 0.2) is 0 Å². The van der Waals surface area contributed by atoms with Crippen LogP contribution in [0.4, 0.5) is 0 Å². The first-order valence-electron chi connectivity index (χ1n) is 5.48. The highest BCUT2D eigenvalue weighted by Gasteiger charge is 2.23. The van der Waals surface area contributed by atoms with E-state index in [4.69, 9.17) is 4.74 Å². The van der Waals surface area contributed by atoms with Crippen molar-refractivity contribution in [3.63, 3.8) is 0 Å². The van der Waals surface area contributed by atoms with Crippen LogP contribution in [0, 0.1) is 13.8 Å². The van der Waals surface area contributed by atoms with Crippen LogP contribution in [-0.4, -0.2) is 19.6 Å². The zero-order valence-electron chi connectivity index (χ0n) is 10.3. The van der Waals surface area contributed by atoms with E-state index in [1.54, 1.807) is 11.3 Å². The first kappa shape index (κ1) is 13.2. The van der Waals surface area contributed by atoms with Crippen molar-refractivity contribution < 1.29 is 9.53 Å². The molecular weight excluding hydrogens is 222 g/mol. The molecule has 0 amide bonds. The molecule has 1 N–H and O–H groups in total. The molecule has 0 radical (unpaired) electrons. The Morgan fingerprint density at radius 2 is 2.25 bits per heavy atom. The van der Waals surface area contributed by atoms with E-state index >= 15 is 0 Å². The highest BCUT2D eigenvalue weighted by Crippen LogP contribution is 2.27. The highest BCUT2D eigenvalue weighted by molar-refractivity contribution is 7.12. The first-order valence-corrected chi connectivity index (χ1v) is 6.30. The predicted molar refractivity (Wildman–Crippen MR) is 66.8 cm³/mol. The Balaban J connectivity index is 2.91. The van der Waals surface area contributed by atoms with Gasteiger partial charge in [-0.05, 0) is 38.4 Å². The average molecular weight is 241 g/mol. The Bertz CT molecular complexity index is 360. The van der Waals surface area contributed by atoms with E-state index in [2.05, 4.69) is 25.2 Å². The van der Waals surface area contributed by atoms with Gasteiger partial charge >= 0.3 is 5.97 Å². The van der Waals surface area contributed by atoms with Crippen LogP contribution in [-0.2, 0) is 9.53 Å². The maximum Gasteiger partial charge on any atom is 0.327 e. The maximum atomic E-state index is 11.7. The van der Waals surface area contributed by atoms with Crippen LogP contribution >= 0.6 is 11.3 Å². The zero-order valence-corrected chi connectivity index (χ0v) is 11.1. The van der Waals surface area contributed by atoms with Crippen molar-refractivity contribution in [2.24, 2.45) is 0 Å². The molecule has 1 heterocycles. The third-order valence-electron chi connectivity index (χ3n) is 2.43. The number of hydrogen-bond acceptors (Lipinski definition) is 4. The van der Waals surface area contributed by atoms with E-state index in [9.17, 15) is 4.79 Å². The molecule has 1 atom stereocenters. The van der Waals surface area contributed by atoms with Crippen LogP contribution in [0.5, 0.6) is 0 Å².